The van der Waals surface area contributed by atoms with E-state index in [0.29, 0.717) is 5.92 Å². The van der Waals surface area contributed by atoms with Crippen LogP contribution in [-0.4, -0.2) is 23.9 Å². The van der Waals surface area contributed by atoms with Crippen LogP contribution in [0.4, 0.5) is 0 Å². The van der Waals surface area contributed by atoms with E-state index in [-0.39, 0.29) is 5.91 Å². The number of nitrogens with zero attached hydrogens (tertiary/aromatic N) is 1. The van der Waals surface area contributed by atoms with Gasteiger partial charge in [-0.15, -0.1) is 11.3 Å². The Bertz CT molecular complexity index is 909. The molecule has 1 aromatic heterocycles. The lowest BCUT2D eigenvalue weighted by Gasteiger charge is -2.31. The molecule has 1 atom stereocenters. The summed E-state index contributed by atoms with van der Waals surface area (Å²) < 4.78 is 1.19. The maximum absolute atomic E-state index is 13.1. The molecule has 25 heavy (non-hydrogen) atoms. The first-order valence-electron chi connectivity index (χ1n) is 8.99. The normalized spacial score (nSPS) is 17.8. The second-order valence-electron chi connectivity index (χ2n) is 7.22. The van der Waals surface area contributed by atoms with Crippen molar-refractivity contribution < 1.29 is 4.79 Å². The van der Waals surface area contributed by atoms with Crippen molar-refractivity contribution in [3.63, 3.8) is 0 Å². The number of hydrogen-bond donors (Lipinski definition) is 0. The van der Waals surface area contributed by atoms with Gasteiger partial charge in [0.15, 0.2) is 0 Å². The minimum absolute atomic E-state index is 0.176. The van der Waals surface area contributed by atoms with E-state index in [0.717, 1.165) is 30.6 Å². The first-order valence-corrected chi connectivity index (χ1v) is 9.87. The number of rotatable bonds is 2. The molecular formula is C22H23NOS. The third kappa shape index (κ3) is 3.21. The minimum Gasteiger partial charge on any atom is -0.338 e. The summed E-state index contributed by atoms with van der Waals surface area (Å²) in [6.07, 6.45) is 2.33. The maximum atomic E-state index is 13.1. The molecule has 0 spiro atoms. The number of thiophene rings is 1. The van der Waals surface area contributed by atoms with Gasteiger partial charge < -0.3 is 4.90 Å². The Morgan fingerprint density at radius 2 is 1.96 bits per heavy atom. The highest BCUT2D eigenvalue weighted by atomic mass is 32.1. The van der Waals surface area contributed by atoms with E-state index < -0.39 is 0 Å². The fraction of sp³-hybridized carbons (Fsp3) is 0.318. The van der Waals surface area contributed by atoms with Crippen LogP contribution >= 0.6 is 11.3 Å². The summed E-state index contributed by atoms with van der Waals surface area (Å²) in [5.41, 5.74) is 4.40. The van der Waals surface area contributed by atoms with Crippen molar-refractivity contribution >= 4 is 27.3 Å². The van der Waals surface area contributed by atoms with Crippen LogP contribution in [0.5, 0.6) is 0 Å². The van der Waals surface area contributed by atoms with Crippen LogP contribution in [-0.2, 0) is 0 Å². The molecule has 1 fully saturated rings. The molecule has 1 amide bonds. The molecule has 2 nitrogen and oxygen atoms in total. The number of fused-ring (bicyclic) bond motifs is 1. The Balaban J connectivity index is 1.77. The molecule has 2 aromatic carbocycles. The number of likely N-dealkylation sites (tertiary alicyclic amines) is 1. The molecule has 0 radical (unpaired) electrons. The molecule has 1 saturated heterocycles. The molecule has 128 valence electrons. The zero-order valence-corrected chi connectivity index (χ0v) is 15.6. The summed E-state index contributed by atoms with van der Waals surface area (Å²) in [4.78, 5) is 15.1. The quantitative estimate of drug-likeness (QED) is 0.577. The van der Waals surface area contributed by atoms with E-state index in [4.69, 9.17) is 0 Å². The molecule has 2 heterocycles. The van der Waals surface area contributed by atoms with E-state index >= 15 is 0 Å². The lowest BCUT2D eigenvalue weighted by Crippen LogP contribution is -2.39. The molecule has 0 saturated carbocycles. The monoisotopic (exact) mass is 349 g/mol. The highest BCUT2D eigenvalue weighted by Gasteiger charge is 2.23. The first kappa shape index (κ1) is 16.3. The lowest BCUT2D eigenvalue weighted by atomic mass is 9.96. The van der Waals surface area contributed by atoms with Crippen LogP contribution in [0.1, 0.15) is 35.7 Å². The van der Waals surface area contributed by atoms with Gasteiger partial charge in [0.2, 0.25) is 0 Å². The van der Waals surface area contributed by atoms with Crippen molar-refractivity contribution in [2.24, 2.45) is 5.92 Å². The van der Waals surface area contributed by atoms with Crippen LogP contribution in [0.3, 0.4) is 0 Å². The molecule has 4 rings (SSSR count). The van der Waals surface area contributed by atoms with E-state index in [1.54, 1.807) is 11.3 Å². The summed E-state index contributed by atoms with van der Waals surface area (Å²) in [5, 5.41) is 3.34. The van der Waals surface area contributed by atoms with Gasteiger partial charge in [-0.2, -0.15) is 0 Å². The van der Waals surface area contributed by atoms with Gasteiger partial charge in [0, 0.05) is 28.7 Å². The molecular weight excluding hydrogens is 326 g/mol. The van der Waals surface area contributed by atoms with Crippen LogP contribution in [0.15, 0.2) is 47.8 Å². The summed E-state index contributed by atoms with van der Waals surface area (Å²) in [7, 11) is 0. The highest BCUT2D eigenvalue weighted by molar-refractivity contribution is 7.17. The predicted molar refractivity (Wildman–Crippen MR) is 106 cm³/mol. The minimum atomic E-state index is 0.176. The number of amides is 1. The Kier molecular flexibility index (Phi) is 4.34. The number of carbonyl (C=O) groups is 1. The highest BCUT2D eigenvalue weighted by Crippen LogP contribution is 2.34. The van der Waals surface area contributed by atoms with E-state index in [1.165, 1.54) is 27.6 Å². The van der Waals surface area contributed by atoms with Gasteiger partial charge in [-0.3, -0.25) is 4.79 Å². The van der Waals surface area contributed by atoms with Crippen molar-refractivity contribution in [1.29, 1.82) is 0 Å². The molecule has 3 heteroatoms. The Morgan fingerprint density at radius 1 is 1.16 bits per heavy atom. The van der Waals surface area contributed by atoms with Crippen molar-refractivity contribution in [2.75, 3.05) is 13.1 Å². The zero-order chi connectivity index (χ0) is 17.4. The average molecular weight is 349 g/mol. The average Bonchev–Trinajstić information content (AvgIpc) is 3.09. The fourth-order valence-corrected chi connectivity index (χ4v) is 4.57. The summed E-state index contributed by atoms with van der Waals surface area (Å²) >= 11 is 1.71. The van der Waals surface area contributed by atoms with Gasteiger partial charge in [0.05, 0.1) is 0 Å². The summed E-state index contributed by atoms with van der Waals surface area (Å²) in [6, 6.07) is 14.9. The third-order valence-electron chi connectivity index (χ3n) is 5.13. The summed E-state index contributed by atoms with van der Waals surface area (Å²) in [6.45, 7) is 6.09. The van der Waals surface area contributed by atoms with E-state index in [1.807, 2.05) is 4.90 Å². The van der Waals surface area contributed by atoms with Crippen molar-refractivity contribution in [3.8, 4) is 11.1 Å². The second-order valence-corrected chi connectivity index (χ2v) is 8.17. The number of aryl methyl sites for hydroxylation is 1. The molecule has 0 aliphatic carbocycles. The molecule has 0 bridgehead atoms. The number of piperidine rings is 1. The topological polar surface area (TPSA) is 20.3 Å². The number of benzene rings is 2. The van der Waals surface area contributed by atoms with Gasteiger partial charge in [-0.05, 0) is 60.4 Å². The van der Waals surface area contributed by atoms with Crippen LogP contribution < -0.4 is 0 Å². The number of hydrogen-bond acceptors (Lipinski definition) is 2. The van der Waals surface area contributed by atoms with Gasteiger partial charge in [0.1, 0.15) is 0 Å². The second kappa shape index (κ2) is 6.64. The van der Waals surface area contributed by atoms with Crippen molar-refractivity contribution in [1.82, 2.24) is 4.90 Å². The molecule has 1 aliphatic heterocycles. The van der Waals surface area contributed by atoms with Crippen molar-refractivity contribution in [3.05, 3.63) is 59.0 Å². The van der Waals surface area contributed by atoms with Gasteiger partial charge >= 0.3 is 0 Å². The van der Waals surface area contributed by atoms with E-state index in [9.17, 15) is 4.79 Å². The van der Waals surface area contributed by atoms with E-state index in [2.05, 4.69) is 61.7 Å². The van der Waals surface area contributed by atoms with Gasteiger partial charge in [-0.25, -0.2) is 0 Å². The third-order valence-corrected chi connectivity index (χ3v) is 5.99. The first-order chi connectivity index (χ1) is 12.1. The number of carbonyl (C=O) groups excluding carboxylic acids is 1. The van der Waals surface area contributed by atoms with Crippen LogP contribution in [0.25, 0.3) is 21.2 Å². The van der Waals surface area contributed by atoms with Crippen LogP contribution in [0, 0.1) is 12.8 Å². The smallest absolute Gasteiger partial charge is 0.253 e. The Hall–Kier alpha value is -2.13. The lowest BCUT2D eigenvalue weighted by molar-refractivity contribution is 0.0683. The molecule has 0 N–H and O–H groups in total. The van der Waals surface area contributed by atoms with Crippen molar-refractivity contribution in [2.45, 2.75) is 26.7 Å². The predicted octanol–water partition coefficient (Wildman–Crippen LogP) is 5.75. The van der Waals surface area contributed by atoms with Crippen LogP contribution in [0.2, 0.25) is 0 Å². The molecule has 1 aliphatic rings. The Labute approximate surface area is 153 Å². The summed E-state index contributed by atoms with van der Waals surface area (Å²) in [5.74, 6) is 0.773. The molecule has 1 unspecified atom stereocenters. The Morgan fingerprint density at radius 3 is 2.72 bits per heavy atom. The largest absolute Gasteiger partial charge is 0.338 e. The van der Waals surface area contributed by atoms with Gasteiger partial charge in [0.25, 0.3) is 5.91 Å². The standard InChI is InChI=1S/C22H23NOS/c1-15-5-7-17(8-6-15)20-12-18(13-21-19(20)9-11-25-21)22(24)23-10-3-4-16(2)14-23/h5-9,11-13,16H,3-4,10,14H2,1-2H3. The van der Waals surface area contributed by atoms with Gasteiger partial charge in [-0.1, -0.05) is 36.8 Å². The molecule has 3 aromatic rings. The zero-order valence-electron chi connectivity index (χ0n) is 14.8. The SMILES string of the molecule is Cc1ccc(-c2cc(C(=O)N3CCCC(C)C3)cc3sccc23)cc1. The fourth-order valence-electron chi connectivity index (χ4n) is 3.72. The maximum Gasteiger partial charge on any atom is 0.253 e.